The van der Waals surface area contributed by atoms with E-state index in [9.17, 15) is 0 Å². The maximum absolute atomic E-state index is 6.17. The van der Waals surface area contributed by atoms with Gasteiger partial charge >= 0.3 is 0 Å². The van der Waals surface area contributed by atoms with Crippen molar-refractivity contribution in [3.8, 4) is 0 Å². The Morgan fingerprint density at radius 1 is 1.16 bits per heavy atom. The molecular weight excluding hydrogens is 230 g/mol. The Balaban J connectivity index is 2.15. The fourth-order valence-electron chi connectivity index (χ4n) is 3.65. The fraction of sp³-hybridized carbons (Fsp3) is 0.667. The lowest BCUT2D eigenvalue weighted by atomic mass is 9.66. The lowest BCUT2D eigenvalue weighted by molar-refractivity contribution is 0.153. The Hall–Kier alpha value is -0.820. The molecule has 19 heavy (non-hydrogen) atoms. The summed E-state index contributed by atoms with van der Waals surface area (Å²) in [7, 11) is 0. The van der Waals surface area contributed by atoms with Gasteiger partial charge in [-0.15, -0.1) is 0 Å². The minimum absolute atomic E-state index is 0.364. The van der Waals surface area contributed by atoms with Crippen molar-refractivity contribution in [1.82, 2.24) is 0 Å². The number of aryl methyl sites for hydroxylation is 2. The Labute approximate surface area is 118 Å². The molecule has 2 rings (SSSR count). The monoisotopic (exact) mass is 259 g/mol. The second-order valence-corrected chi connectivity index (χ2v) is 6.60. The van der Waals surface area contributed by atoms with Crippen molar-refractivity contribution in [2.75, 3.05) is 6.54 Å². The van der Waals surface area contributed by atoms with Crippen molar-refractivity contribution in [3.63, 3.8) is 0 Å². The third-order valence-electron chi connectivity index (χ3n) is 5.37. The number of hydrogen-bond acceptors (Lipinski definition) is 1. The molecule has 2 N–H and O–H groups in total. The van der Waals surface area contributed by atoms with Gasteiger partial charge in [0, 0.05) is 0 Å². The summed E-state index contributed by atoms with van der Waals surface area (Å²) < 4.78 is 0. The first kappa shape index (κ1) is 14.6. The molecule has 0 atom stereocenters. The molecule has 106 valence electrons. The van der Waals surface area contributed by atoms with Gasteiger partial charge < -0.3 is 5.73 Å². The quantitative estimate of drug-likeness (QED) is 0.852. The number of hydrogen-bond donors (Lipinski definition) is 1. The highest BCUT2D eigenvalue weighted by Gasteiger charge is 2.34. The van der Waals surface area contributed by atoms with Crippen molar-refractivity contribution >= 4 is 0 Å². The zero-order valence-corrected chi connectivity index (χ0v) is 12.8. The first-order valence-corrected chi connectivity index (χ1v) is 7.85. The van der Waals surface area contributed by atoms with Crippen molar-refractivity contribution in [2.24, 2.45) is 17.1 Å². The standard InChI is InChI=1S/C18H29N/c1-4-16-8-10-18(13-19,11-9-16)12-17-14(2)6-5-7-15(17)3/h5-7,16H,4,8-13,19H2,1-3H3. The minimum Gasteiger partial charge on any atom is -0.330 e. The second-order valence-electron chi connectivity index (χ2n) is 6.60. The fourth-order valence-corrected chi connectivity index (χ4v) is 3.65. The van der Waals surface area contributed by atoms with Crippen LogP contribution in [0, 0.1) is 25.2 Å². The van der Waals surface area contributed by atoms with E-state index in [1.165, 1.54) is 49.7 Å². The van der Waals surface area contributed by atoms with E-state index in [0.717, 1.165) is 12.5 Å². The van der Waals surface area contributed by atoms with Crippen molar-refractivity contribution in [2.45, 2.75) is 59.3 Å². The SMILES string of the molecule is CCC1CCC(CN)(Cc2c(C)cccc2C)CC1. The second kappa shape index (κ2) is 6.09. The maximum Gasteiger partial charge on any atom is -0.00173 e. The lowest BCUT2D eigenvalue weighted by Gasteiger charge is -2.40. The van der Waals surface area contributed by atoms with Crippen molar-refractivity contribution in [3.05, 3.63) is 34.9 Å². The molecule has 1 aromatic rings. The third-order valence-corrected chi connectivity index (χ3v) is 5.37. The van der Waals surface area contributed by atoms with Crippen LogP contribution in [0.25, 0.3) is 0 Å². The highest BCUT2D eigenvalue weighted by molar-refractivity contribution is 5.34. The van der Waals surface area contributed by atoms with Crippen LogP contribution in [0.5, 0.6) is 0 Å². The Kier molecular flexibility index (Phi) is 4.67. The van der Waals surface area contributed by atoms with E-state index in [0.29, 0.717) is 5.41 Å². The normalized spacial score (nSPS) is 27.5. The van der Waals surface area contributed by atoms with Crippen LogP contribution in [0.4, 0.5) is 0 Å². The highest BCUT2D eigenvalue weighted by atomic mass is 14.6. The van der Waals surface area contributed by atoms with Gasteiger partial charge in [-0.2, -0.15) is 0 Å². The summed E-state index contributed by atoms with van der Waals surface area (Å²) >= 11 is 0. The molecule has 1 heteroatoms. The van der Waals surface area contributed by atoms with Gasteiger partial charge in [0.2, 0.25) is 0 Å². The largest absolute Gasteiger partial charge is 0.330 e. The van der Waals surface area contributed by atoms with Crippen LogP contribution >= 0.6 is 0 Å². The predicted octanol–water partition coefficient (Wildman–Crippen LogP) is 4.39. The summed E-state index contributed by atoms with van der Waals surface area (Å²) in [5, 5.41) is 0. The molecule has 0 saturated heterocycles. The predicted molar refractivity (Wildman–Crippen MR) is 83.4 cm³/mol. The van der Waals surface area contributed by atoms with Crippen LogP contribution in [0.15, 0.2) is 18.2 Å². The van der Waals surface area contributed by atoms with Gasteiger partial charge in [-0.05, 0) is 80.5 Å². The number of benzene rings is 1. The molecule has 0 aromatic heterocycles. The van der Waals surface area contributed by atoms with E-state index < -0.39 is 0 Å². The Morgan fingerprint density at radius 3 is 2.21 bits per heavy atom. The van der Waals surface area contributed by atoms with E-state index in [2.05, 4.69) is 39.0 Å². The van der Waals surface area contributed by atoms with Crippen LogP contribution in [0.2, 0.25) is 0 Å². The van der Waals surface area contributed by atoms with E-state index in [-0.39, 0.29) is 0 Å². The third kappa shape index (κ3) is 3.20. The number of nitrogens with two attached hydrogens (primary N) is 1. The summed E-state index contributed by atoms with van der Waals surface area (Å²) in [4.78, 5) is 0. The van der Waals surface area contributed by atoms with Crippen LogP contribution in [-0.2, 0) is 6.42 Å². The van der Waals surface area contributed by atoms with Gasteiger partial charge in [-0.25, -0.2) is 0 Å². The molecular formula is C18H29N. The number of rotatable bonds is 4. The van der Waals surface area contributed by atoms with Gasteiger partial charge in [-0.3, -0.25) is 0 Å². The molecule has 0 unspecified atom stereocenters. The molecule has 0 amide bonds. The average Bonchev–Trinajstić information content (AvgIpc) is 2.44. The van der Waals surface area contributed by atoms with E-state index >= 15 is 0 Å². The molecule has 0 aliphatic heterocycles. The van der Waals surface area contributed by atoms with Crippen molar-refractivity contribution in [1.29, 1.82) is 0 Å². The lowest BCUT2D eigenvalue weighted by Crippen LogP contribution is -2.37. The van der Waals surface area contributed by atoms with Gasteiger partial charge in [0.1, 0.15) is 0 Å². The van der Waals surface area contributed by atoms with E-state index in [1.807, 2.05) is 0 Å². The molecule has 0 heterocycles. The summed E-state index contributed by atoms with van der Waals surface area (Å²) in [5.41, 5.74) is 11.0. The summed E-state index contributed by atoms with van der Waals surface area (Å²) in [6, 6.07) is 6.64. The minimum atomic E-state index is 0.364. The molecule has 1 fully saturated rings. The first-order chi connectivity index (χ1) is 9.10. The van der Waals surface area contributed by atoms with E-state index in [1.54, 1.807) is 5.56 Å². The average molecular weight is 259 g/mol. The summed E-state index contributed by atoms with van der Waals surface area (Å²) in [6.07, 6.45) is 7.89. The Morgan fingerprint density at radius 2 is 1.74 bits per heavy atom. The van der Waals surface area contributed by atoms with Crippen LogP contribution in [0.1, 0.15) is 55.7 Å². The molecule has 0 spiro atoms. The molecule has 0 radical (unpaired) electrons. The highest BCUT2D eigenvalue weighted by Crippen LogP contribution is 2.42. The molecule has 1 aromatic carbocycles. The molecule has 0 bridgehead atoms. The zero-order valence-electron chi connectivity index (χ0n) is 12.8. The van der Waals surface area contributed by atoms with E-state index in [4.69, 9.17) is 5.73 Å². The Bertz CT molecular complexity index is 393. The molecule has 1 aliphatic carbocycles. The van der Waals surface area contributed by atoms with Gasteiger partial charge in [0.15, 0.2) is 0 Å². The van der Waals surface area contributed by atoms with Gasteiger partial charge in [0.05, 0.1) is 0 Å². The first-order valence-electron chi connectivity index (χ1n) is 7.85. The van der Waals surface area contributed by atoms with Crippen LogP contribution in [-0.4, -0.2) is 6.54 Å². The molecule has 1 saturated carbocycles. The maximum atomic E-state index is 6.17. The topological polar surface area (TPSA) is 26.0 Å². The van der Waals surface area contributed by atoms with Gasteiger partial charge in [0.25, 0.3) is 0 Å². The van der Waals surface area contributed by atoms with Crippen LogP contribution in [0.3, 0.4) is 0 Å². The summed E-state index contributed by atoms with van der Waals surface area (Å²) in [6.45, 7) is 7.65. The van der Waals surface area contributed by atoms with Crippen LogP contribution < -0.4 is 5.73 Å². The zero-order chi connectivity index (χ0) is 13.9. The molecule has 1 nitrogen and oxygen atoms in total. The smallest absolute Gasteiger partial charge is 0.00173 e. The summed E-state index contributed by atoms with van der Waals surface area (Å²) in [5.74, 6) is 0.942. The van der Waals surface area contributed by atoms with Gasteiger partial charge in [-0.1, -0.05) is 31.5 Å². The molecule has 1 aliphatic rings. The van der Waals surface area contributed by atoms with Crippen molar-refractivity contribution < 1.29 is 0 Å².